The number of aromatic nitrogens is 2. The van der Waals surface area contributed by atoms with Crippen LogP contribution >= 0.6 is 31.9 Å². The van der Waals surface area contributed by atoms with Crippen LogP contribution in [0.25, 0.3) is 21.8 Å². The number of amides is 2. The van der Waals surface area contributed by atoms with E-state index in [4.69, 9.17) is 5.11 Å². The van der Waals surface area contributed by atoms with Crippen molar-refractivity contribution in [2.45, 2.75) is 32.9 Å². The zero-order chi connectivity index (χ0) is 38.8. The van der Waals surface area contributed by atoms with Crippen LogP contribution < -0.4 is 21.5 Å². The van der Waals surface area contributed by atoms with Gasteiger partial charge in [-0.05, 0) is 54.4 Å². The number of fused-ring (bicyclic) bond motifs is 2. The first kappa shape index (κ1) is 39.5. The van der Waals surface area contributed by atoms with Crippen molar-refractivity contribution in [2.75, 3.05) is 13.1 Å². The number of ketones is 1. The Morgan fingerprint density at radius 3 is 1.41 bits per heavy atom. The fourth-order valence-corrected chi connectivity index (χ4v) is 6.43. The highest BCUT2D eigenvalue weighted by Crippen LogP contribution is 2.21. The number of pyridine rings is 2. The molecule has 6 rings (SSSR count). The van der Waals surface area contributed by atoms with E-state index in [-0.39, 0.29) is 53.7 Å². The van der Waals surface area contributed by atoms with Crippen molar-refractivity contribution in [3.8, 4) is 0 Å². The molecule has 0 bridgehead atoms. The first-order valence-corrected chi connectivity index (χ1v) is 18.5. The maximum absolute atomic E-state index is 12.9. The van der Waals surface area contributed by atoms with Gasteiger partial charge in [-0.3, -0.25) is 28.8 Å². The molecule has 3 N–H and O–H groups in total. The van der Waals surface area contributed by atoms with E-state index in [2.05, 4.69) is 42.5 Å². The average molecular weight is 857 g/mol. The van der Waals surface area contributed by atoms with Crippen LogP contribution in [0.5, 0.6) is 0 Å². The second-order valence-electron chi connectivity index (χ2n) is 12.4. The van der Waals surface area contributed by atoms with Gasteiger partial charge in [0.2, 0.25) is 10.9 Å². The van der Waals surface area contributed by atoms with E-state index < -0.39 is 17.8 Å². The fourth-order valence-electron chi connectivity index (χ4n) is 5.71. The Hall–Kier alpha value is -5.66. The monoisotopic (exact) mass is 854 g/mol. The first-order chi connectivity index (χ1) is 25.9. The number of hydrogen-bond acceptors (Lipinski definition) is 6. The third-order valence-corrected chi connectivity index (χ3v) is 9.34. The highest BCUT2D eigenvalue weighted by molar-refractivity contribution is 9.10. The normalized spacial score (nSPS) is 10.7. The van der Waals surface area contributed by atoms with Crippen molar-refractivity contribution < 1.29 is 24.3 Å². The molecule has 0 aliphatic carbocycles. The SMILES string of the molecule is CC(=O)CCNC(=O)c1cn(Cc2ccccc2)c2ccc(Br)cc2c1=O.O=C(O)CCNC(=O)c1cn(Cc2ccccc2)c2ccc(Br)cc2c1=O. The third kappa shape index (κ3) is 10.3. The number of halogens is 2. The molecule has 2 heterocycles. The summed E-state index contributed by atoms with van der Waals surface area (Å²) in [6.07, 6.45) is 3.16. The van der Waals surface area contributed by atoms with E-state index in [1.165, 1.54) is 13.1 Å². The maximum Gasteiger partial charge on any atom is 0.305 e. The van der Waals surface area contributed by atoms with Crippen LogP contribution in [0.2, 0.25) is 0 Å². The lowest BCUT2D eigenvalue weighted by atomic mass is 10.1. The summed E-state index contributed by atoms with van der Waals surface area (Å²) in [5.74, 6) is -2.08. The predicted octanol–water partition coefficient (Wildman–Crippen LogP) is 6.54. The largest absolute Gasteiger partial charge is 0.481 e. The standard InChI is InChI=1S/C21H19BrN2O3.C20H17BrN2O4/c1-14(25)9-10-23-21(27)18-13-24(12-15-5-3-2-4-6-15)19-8-7-16(22)11-17(19)20(18)26;21-14-6-7-17-15(10-14)19(26)16(20(27)22-9-8-18(24)25)12-23(17)11-13-4-2-1-3-5-13/h2-8,11,13H,9-10,12H2,1H3,(H,23,27);1-7,10,12H,8-9,11H2,(H,22,27)(H,24,25). The number of aliphatic carboxylic acids is 1. The predicted molar refractivity (Wildman–Crippen MR) is 215 cm³/mol. The molecular formula is C41H36Br2N4O7. The van der Waals surface area contributed by atoms with Gasteiger partial charge in [0.05, 0.1) is 17.5 Å². The van der Waals surface area contributed by atoms with Gasteiger partial charge in [0.25, 0.3) is 11.8 Å². The molecule has 2 aromatic heterocycles. The van der Waals surface area contributed by atoms with Crippen LogP contribution in [0.4, 0.5) is 0 Å². The molecular weight excluding hydrogens is 820 g/mol. The van der Waals surface area contributed by atoms with Crippen LogP contribution in [-0.4, -0.2) is 50.9 Å². The number of carboxylic acid groups (broad SMARTS) is 1. The number of carboxylic acids is 1. The van der Waals surface area contributed by atoms with Gasteiger partial charge < -0.3 is 24.9 Å². The van der Waals surface area contributed by atoms with E-state index >= 15 is 0 Å². The van der Waals surface area contributed by atoms with Crippen LogP contribution in [0.15, 0.2) is 128 Å². The van der Waals surface area contributed by atoms with Crippen molar-refractivity contribution in [2.24, 2.45) is 0 Å². The van der Waals surface area contributed by atoms with E-state index in [1.807, 2.05) is 94.1 Å². The average Bonchev–Trinajstić information content (AvgIpc) is 3.14. The second-order valence-corrected chi connectivity index (χ2v) is 14.2. The highest BCUT2D eigenvalue weighted by atomic mass is 79.9. The lowest BCUT2D eigenvalue weighted by molar-refractivity contribution is -0.136. The smallest absolute Gasteiger partial charge is 0.305 e. The number of carbonyl (C=O) groups excluding carboxylic acids is 3. The number of nitrogens with zero attached hydrogens (tertiary/aromatic N) is 2. The van der Waals surface area contributed by atoms with Crippen molar-refractivity contribution in [1.29, 1.82) is 0 Å². The fraction of sp³-hybridized carbons (Fsp3) is 0.171. The van der Waals surface area contributed by atoms with E-state index in [0.29, 0.717) is 29.4 Å². The Morgan fingerprint density at radius 2 is 1.02 bits per heavy atom. The highest BCUT2D eigenvalue weighted by Gasteiger charge is 2.18. The van der Waals surface area contributed by atoms with Crippen LogP contribution in [0.3, 0.4) is 0 Å². The van der Waals surface area contributed by atoms with Crippen molar-refractivity contribution in [3.05, 3.63) is 161 Å². The summed E-state index contributed by atoms with van der Waals surface area (Å²) in [5, 5.41) is 14.8. The van der Waals surface area contributed by atoms with Gasteiger partial charge in [-0.1, -0.05) is 92.5 Å². The number of Topliss-reactive ketones (excluding diaryl/α,β-unsaturated/α-hetero) is 1. The van der Waals surface area contributed by atoms with E-state index in [1.54, 1.807) is 18.3 Å². The number of nitrogens with one attached hydrogen (secondary N) is 2. The molecule has 276 valence electrons. The summed E-state index contributed by atoms with van der Waals surface area (Å²) in [6.45, 7) is 2.67. The molecule has 0 spiro atoms. The Kier molecular flexibility index (Phi) is 13.5. The van der Waals surface area contributed by atoms with E-state index in [0.717, 1.165) is 25.6 Å². The second kappa shape index (κ2) is 18.4. The molecule has 0 fully saturated rings. The Labute approximate surface area is 326 Å². The number of hydrogen-bond donors (Lipinski definition) is 3. The van der Waals surface area contributed by atoms with Gasteiger partial charge in [-0.25, -0.2) is 0 Å². The van der Waals surface area contributed by atoms with Crippen LogP contribution in [-0.2, 0) is 22.7 Å². The summed E-state index contributed by atoms with van der Waals surface area (Å²) in [5.41, 5.74) is 2.92. The van der Waals surface area contributed by atoms with E-state index in [9.17, 15) is 28.8 Å². The van der Waals surface area contributed by atoms with Gasteiger partial charge in [0.1, 0.15) is 16.9 Å². The number of rotatable bonds is 12. The summed E-state index contributed by atoms with van der Waals surface area (Å²) in [4.78, 5) is 72.4. The molecule has 11 nitrogen and oxygen atoms in total. The maximum atomic E-state index is 12.9. The van der Waals surface area contributed by atoms with Crippen LogP contribution in [0.1, 0.15) is 51.6 Å². The minimum absolute atomic E-state index is 0.0121. The minimum atomic E-state index is -1.01. The molecule has 0 unspecified atom stereocenters. The Bertz CT molecular complexity index is 2290. The third-order valence-electron chi connectivity index (χ3n) is 8.35. The zero-order valence-corrected chi connectivity index (χ0v) is 32.4. The van der Waals surface area contributed by atoms with Gasteiger partial charge in [-0.15, -0.1) is 0 Å². The first-order valence-electron chi connectivity index (χ1n) is 16.9. The molecule has 2 amide bonds. The molecule has 54 heavy (non-hydrogen) atoms. The topological polar surface area (TPSA) is 157 Å². The molecule has 0 radical (unpaired) electrons. The molecule has 0 saturated heterocycles. The number of carbonyl (C=O) groups is 4. The van der Waals surface area contributed by atoms with Crippen molar-refractivity contribution in [3.63, 3.8) is 0 Å². The molecule has 0 atom stereocenters. The number of benzene rings is 4. The quantitative estimate of drug-likeness (QED) is 0.126. The lowest BCUT2D eigenvalue weighted by Gasteiger charge is -2.14. The Balaban J connectivity index is 0.000000208. The molecule has 13 heteroatoms. The molecule has 6 aromatic rings. The zero-order valence-electron chi connectivity index (χ0n) is 29.2. The summed E-state index contributed by atoms with van der Waals surface area (Å²) < 4.78 is 5.26. The van der Waals surface area contributed by atoms with Crippen LogP contribution in [0, 0.1) is 0 Å². The molecule has 4 aromatic carbocycles. The molecule has 0 aliphatic heterocycles. The van der Waals surface area contributed by atoms with Gasteiger partial charge >= 0.3 is 5.97 Å². The van der Waals surface area contributed by atoms with Crippen molar-refractivity contribution in [1.82, 2.24) is 19.8 Å². The summed E-state index contributed by atoms with van der Waals surface area (Å²) in [7, 11) is 0. The minimum Gasteiger partial charge on any atom is -0.481 e. The van der Waals surface area contributed by atoms with Gasteiger partial charge in [0.15, 0.2) is 0 Å². The summed E-state index contributed by atoms with van der Waals surface area (Å²) >= 11 is 6.75. The molecule has 0 aliphatic rings. The van der Waals surface area contributed by atoms with Gasteiger partial charge in [-0.2, -0.15) is 0 Å². The molecule has 0 saturated carbocycles. The summed E-state index contributed by atoms with van der Waals surface area (Å²) in [6, 6.07) is 30.4. The lowest BCUT2D eigenvalue weighted by Crippen LogP contribution is -2.31. The van der Waals surface area contributed by atoms with Gasteiger partial charge in [0, 0.05) is 64.7 Å². The van der Waals surface area contributed by atoms with Crippen molar-refractivity contribution >= 4 is 77.2 Å². The Morgan fingerprint density at radius 1 is 0.611 bits per heavy atom.